The van der Waals surface area contributed by atoms with Crippen molar-refractivity contribution in [2.45, 2.75) is 11.6 Å². The number of benzene rings is 1. The average molecular weight is 367 g/mol. The molecule has 0 unspecified atom stereocenters. The Morgan fingerprint density at radius 2 is 2.00 bits per heavy atom. The number of rotatable bonds is 2. The Kier molecular flexibility index (Phi) is 3.33. The third kappa shape index (κ3) is 1.91. The standard InChI is InChI=1S/C10H8BrIO2/c11-6-7-2-1-3-8(9(7)12)10-13-4-5-14-10/h1-5,10H,6H2. The molecule has 0 saturated carbocycles. The van der Waals surface area contributed by atoms with Gasteiger partial charge in [-0.25, -0.2) is 0 Å². The zero-order valence-corrected chi connectivity index (χ0v) is 11.0. The molecule has 0 amide bonds. The summed E-state index contributed by atoms with van der Waals surface area (Å²) in [5.74, 6) is 0. The van der Waals surface area contributed by atoms with Gasteiger partial charge in [0.1, 0.15) is 12.5 Å². The Morgan fingerprint density at radius 3 is 2.64 bits per heavy atom. The molecular formula is C10H8BrIO2. The zero-order valence-electron chi connectivity index (χ0n) is 7.24. The maximum absolute atomic E-state index is 5.30. The third-order valence-corrected chi connectivity index (χ3v) is 3.89. The van der Waals surface area contributed by atoms with Gasteiger partial charge < -0.3 is 9.47 Å². The molecule has 74 valence electrons. The molecule has 0 saturated heterocycles. The number of alkyl halides is 1. The SMILES string of the molecule is BrCc1cccc(C2OC=CO2)c1I. The first kappa shape index (κ1) is 10.3. The van der Waals surface area contributed by atoms with Gasteiger partial charge in [0.2, 0.25) is 0 Å². The van der Waals surface area contributed by atoms with Crippen LogP contribution in [0.5, 0.6) is 0 Å². The lowest BCUT2D eigenvalue weighted by atomic mass is 10.1. The Labute approximate surface area is 105 Å². The van der Waals surface area contributed by atoms with Crippen LogP contribution in [0.25, 0.3) is 0 Å². The molecule has 4 heteroatoms. The van der Waals surface area contributed by atoms with Crippen LogP contribution in [0.3, 0.4) is 0 Å². The number of hydrogen-bond donors (Lipinski definition) is 0. The number of hydrogen-bond acceptors (Lipinski definition) is 2. The molecule has 1 heterocycles. The normalized spacial score (nSPS) is 15.3. The lowest BCUT2D eigenvalue weighted by Gasteiger charge is -2.13. The van der Waals surface area contributed by atoms with Gasteiger partial charge in [0.25, 0.3) is 6.29 Å². The zero-order chi connectivity index (χ0) is 9.97. The van der Waals surface area contributed by atoms with Crippen molar-refractivity contribution in [3.8, 4) is 0 Å². The molecule has 0 aromatic heterocycles. The summed E-state index contributed by atoms with van der Waals surface area (Å²) in [6.07, 6.45) is 2.87. The van der Waals surface area contributed by atoms with Crippen molar-refractivity contribution in [3.63, 3.8) is 0 Å². The maximum Gasteiger partial charge on any atom is 0.267 e. The van der Waals surface area contributed by atoms with Crippen molar-refractivity contribution in [3.05, 3.63) is 45.4 Å². The van der Waals surface area contributed by atoms with Crippen LogP contribution in [0.4, 0.5) is 0 Å². The van der Waals surface area contributed by atoms with E-state index in [1.165, 1.54) is 9.13 Å². The highest BCUT2D eigenvalue weighted by Crippen LogP contribution is 2.30. The molecule has 0 N–H and O–H groups in total. The van der Waals surface area contributed by atoms with E-state index in [2.05, 4.69) is 44.6 Å². The molecule has 0 bridgehead atoms. The van der Waals surface area contributed by atoms with Gasteiger partial charge in [-0.2, -0.15) is 0 Å². The van der Waals surface area contributed by atoms with Crippen LogP contribution in [-0.2, 0) is 14.8 Å². The topological polar surface area (TPSA) is 18.5 Å². The Bertz CT molecular complexity index is 357. The summed E-state index contributed by atoms with van der Waals surface area (Å²) in [7, 11) is 0. The second kappa shape index (κ2) is 4.53. The molecule has 1 aliphatic rings. The quantitative estimate of drug-likeness (QED) is 0.587. The van der Waals surface area contributed by atoms with E-state index >= 15 is 0 Å². The predicted molar refractivity (Wildman–Crippen MR) is 65.8 cm³/mol. The summed E-state index contributed by atoms with van der Waals surface area (Å²) in [5.41, 5.74) is 2.33. The van der Waals surface area contributed by atoms with E-state index in [1.54, 1.807) is 12.5 Å². The Balaban J connectivity index is 2.33. The van der Waals surface area contributed by atoms with E-state index in [-0.39, 0.29) is 6.29 Å². The fourth-order valence-corrected chi connectivity index (χ4v) is 3.07. The molecule has 1 aromatic rings. The molecule has 14 heavy (non-hydrogen) atoms. The van der Waals surface area contributed by atoms with Gasteiger partial charge in [0.15, 0.2) is 0 Å². The Hall–Kier alpha value is -0.230. The summed E-state index contributed by atoms with van der Waals surface area (Å²) < 4.78 is 11.8. The average Bonchev–Trinajstić information content (AvgIpc) is 2.71. The first-order valence-corrected chi connectivity index (χ1v) is 6.32. The summed E-state index contributed by atoms with van der Waals surface area (Å²) in [5, 5.41) is 0.846. The largest absolute Gasteiger partial charge is 0.455 e. The van der Waals surface area contributed by atoms with Crippen LogP contribution < -0.4 is 0 Å². The highest BCUT2D eigenvalue weighted by molar-refractivity contribution is 14.1. The smallest absolute Gasteiger partial charge is 0.267 e. The van der Waals surface area contributed by atoms with E-state index < -0.39 is 0 Å². The molecule has 0 atom stereocenters. The van der Waals surface area contributed by atoms with Gasteiger partial charge in [-0.05, 0) is 28.2 Å². The van der Waals surface area contributed by atoms with Crippen molar-refractivity contribution in [2.24, 2.45) is 0 Å². The van der Waals surface area contributed by atoms with E-state index in [1.807, 2.05) is 12.1 Å². The first-order valence-electron chi connectivity index (χ1n) is 4.12. The van der Waals surface area contributed by atoms with Gasteiger partial charge in [0, 0.05) is 14.5 Å². The highest BCUT2D eigenvalue weighted by atomic mass is 127. The van der Waals surface area contributed by atoms with Crippen molar-refractivity contribution < 1.29 is 9.47 Å². The fourth-order valence-electron chi connectivity index (χ4n) is 1.27. The molecular weight excluding hydrogens is 359 g/mol. The van der Waals surface area contributed by atoms with Crippen LogP contribution in [0, 0.1) is 3.57 Å². The predicted octanol–water partition coefficient (Wildman–Crippen LogP) is 3.70. The third-order valence-electron chi connectivity index (χ3n) is 1.97. The van der Waals surface area contributed by atoms with Gasteiger partial charge in [-0.1, -0.05) is 34.1 Å². The second-order valence-electron chi connectivity index (χ2n) is 2.83. The molecule has 1 aromatic carbocycles. The summed E-state index contributed by atoms with van der Waals surface area (Å²) in [6.45, 7) is 0. The van der Waals surface area contributed by atoms with Crippen molar-refractivity contribution in [1.29, 1.82) is 0 Å². The lowest BCUT2D eigenvalue weighted by Crippen LogP contribution is -2.02. The van der Waals surface area contributed by atoms with Gasteiger partial charge in [0.05, 0.1) is 0 Å². The highest BCUT2D eigenvalue weighted by Gasteiger charge is 2.19. The van der Waals surface area contributed by atoms with Crippen LogP contribution in [0.15, 0.2) is 30.7 Å². The van der Waals surface area contributed by atoms with E-state index in [0.29, 0.717) is 0 Å². The molecule has 1 aliphatic heterocycles. The van der Waals surface area contributed by atoms with Crippen LogP contribution in [0.2, 0.25) is 0 Å². The van der Waals surface area contributed by atoms with Gasteiger partial charge >= 0.3 is 0 Å². The lowest BCUT2D eigenvalue weighted by molar-refractivity contribution is -0.0252. The van der Waals surface area contributed by atoms with Crippen LogP contribution in [0.1, 0.15) is 17.4 Å². The minimum Gasteiger partial charge on any atom is -0.455 e. The fraction of sp³-hybridized carbons (Fsp3) is 0.200. The summed E-state index contributed by atoms with van der Waals surface area (Å²) >= 11 is 5.76. The number of halogens is 2. The molecule has 2 rings (SSSR count). The summed E-state index contributed by atoms with van der Waals surface area (Å²) in [4.78, 5) is 0. The van der Waals surface area contributed by atoms with E-state index in [4.69, 9.17) is 9.47 Å². The van der Waals surface area contributed by atoms with Gasteiger partial charge in [-0.15, -0.1) is 0 Å². The van der Waals surface area contributed by atoms with Crippen molar-refractivity contribution in [1.82, 2.24) is 0 Å². The minimum absolute atomic E-state index is 0.277. The first-order chi connectivity index (χ1) is 6.83. The van der Waals surface area contributed by atoms with Crippen molar-refractivity contribution in [2.75, 3.05) is 0 Å². The maximum atomic E-state index is 5.30. The van der Waals surface area contributed by atoms with E-state index in [9.17, 15) is 0 Å². The monoisotopic (exact) mass is 366 g/mol. The van der Waals surface area contributed by atoms with Crippen LogP contribution >= 0.6 is 38.5 Å². The Morgan fingerprint density at radius 1 is 1.29 bits per heavy atom. The summed E-state index contributed by atoms with van der Waals surface area (Å²) in [6, 6.07) is 6.12. The minimum atomic E-state index is -0.277. The second-order valence-corrected chi connectivity index (χ2v) is 4.47. The number of ether oxygens (including phenoxy) is 2. The van der Waals surface area contributed by atoms with Gasteiger partial charge in [-0.3, -0.25) is 0 Å². The molecule has 0 radical (unpaired) electrons. The van der Waals surface area contributed by atoms with Crippen molar-refractivity contribution >= 4 is 38.5 Å². The molecule has 0 aliphatic carbocycles. The molecule has 2 nitrogen and oxygen atoms in total. The van der Waals surface area contributed by atoms with E-state index in [0.717, 1.165) is 10.9 Å². The molecule has 0 spiro atoms. The molecule has 0 fully saturated rings. The van der Waals surface area contributed by atoms with Crippen LogP contribution in [-0.4, -0.2) is 0 Å².